The third kappa shape index (κ3) is 2.51. The topological polar surface area (TPSA) is 21.6 Å². The van der Waals surface area contributed by atoms with Crippen LogP contribution < -0.4 is 0 Å². The predicted molar refractivity (Wildman–Crippen MR) is 40.1 cm³/mol. The molecule has 0 N–H and O–H groups in total. The fourth-order valence-corrected chi connectivity index (χ4v) is 0.602. The largest absolute Gasteiger partial charge is 0.451 e. The summed E-state index contributed by atoms with van der Waals surface area (Å²) in [4.78, 5) is 4.06. The van der Waals surface area contributed by atoms with E-state index in [4.69, 9.17) is 4.74 Å². The zero-order valence-corrected chi connectivity index (χ0v) is 6.15. The zero-order chi connectivity index (χ0) is 5.82. The van der Waals surface area contributed by atoms with Crippen LogP contribution >= 0.6 is 12.4 Å². The third-order valence-electron chi connectivity index (χ3n) is 0.927. The van der Waals surface area contributed by atoms with E-state index in [2.05, 4.69) is 4.99 Å². The Morgan fingerprint density at radius 3 is 3.00 bits per heavy atom. The Bertz CT molecular complexity index is 121. The Balaban J connectivity index is 0.000000640. The smallest absolute Gasteiger partial charge is 0.193 e. The highest BCUT2D eigenvalue weighted by Crippen LogP contribution is 2.00. The van der Waals surface area contributed by atoms with Crippen LogP contribution in [0.15, 0.2) is 17.3 Å². The molecular formula is C6H10ClNO. The fraction of sp³-hybridized carbons (Fsp3) is 0.500. The Labute approximate surface area is 61.0 Å². The van der Waals surface area contributed by atoms with Crippen molar-refractivity contribution in [3.8, 4) is 0 Å². The molecule has 1 aliphatic rings. The molecule has 0 radical (unpaired) electrons. The molecule has 0 fully saturated rings. The van der Waals surface area contributed by atoms with Crippen LogP contribution in [0, 0.1) is 0 Å². The average molecular weight is 148 g/mol. The van der Waals surface area contributed by atoms with Crippen molar-refractivity contribution in [1.82, 2.24) is 0 Å². The van der Waals surface area contributed by atoms with Gasteiger partial charge in [-0.15, -0.1) is 12.4 Å². The number of halogens is 1. The van der Waals surface area contributed by atoms with E-state index in [0.29, 0.717) is 0 Å². The molecular weight excluding hydrogens is 138 g/mol. The van der Waals surface area contributed by atoms with Crippen molar-refractivity contribution in [2.24, 2.45) is 4.99 Å². The number of hydrogen-bond donors (Lipinski definition) is 0. The van der Waals surface area contributed by atoms with Crippen molar-refractivity contribution < 1.29 is 4.74 Å². The van der Waals surface area contributed by atoms with Crippen LogP contribution in [0.1, 0.15) is 13.3 Å². The maximum Gasteiger partial charge on any atom is 0.193 e. The quantitative estimate of drug-likeness (QED) is 0.554. The molecule has 0 saturated heterocycles. The standard InChI is InChI=1S/C6H9NO.ClH/c1-2-7-6-4-3-5-8-6;/h3,5H,2,4H2,1H3;1H. The SMILES string of the molecule is CCN=C1CC=CO1.Cl. The van der Waals surface area contributed by atoms with E-state index in [-0.39, 0.29) is 12.4 Å². The van der Waals surface area contributed by atoms with Crippen LogP contribution in [-0.4, -0.2) is 12.4 Å². The maximum atomic E-state index is 4.96. The molecule has 0 atom stereocenters. The molecule has 0 aromatic rings. The first kappa shape index (κ1) is 8.50. The summed E-state index contributed by atoms with van der Waals surface area (Å²) in [5, 5.41) is 0. The molecule has 9 heavy (non-hydrogen) atoms. The van der Waals surface area contributed by atoms with E-state index in [9.17, 15) is 0 Å². The summed E-state index contributed by atoms with van der Waals surface area (Å²) >= 11 is 0. The molecule has 0 saturated carbocycles. The van der Waals surface area contributed by atoms with Gasteiger partial charge in [0.2, 0.25) is 0 Å². The molecule has 2 nitrogen and oxygen atoms in total. The van der Waals surface area contributed by atoms with Gasteiger partial charge in [-0.3, -0.25) is 4.99 Å². The van der Waals surface area contributed by atoms with Gasteiger partial charge in [0.05, 0.1) is 6.26 Å². The van der Waals surface area contributed by atoms with Crippen molar-refractivity contribution in [3.05, 3.63) is 12.3 Å². The summed E-state index contributed by atoms with van der Waals surface area (Å²) in [5.74, 6) is 0.840. The van der Waals surface area contributed by atoms with Gasteiger partial charge in [-0.2, -0.15) is 0 Å². The Morgan fingerprint density at radius 1 is 1.78 bits per heavy atom. The molecule has 1 aliphatic heterocycles. The van der Waals surface area contributed by atoms with Crippen molar-refractivity contribution in [3.63, 3.8) is 0 Å². The number of rotatable bonds is 1. The molecule has 1 heterocycles. The van der Waals surface area contributed by atoms with Crippen molar-refractivity contribution in [2.75, 3.05) is 6.54 Å². The van der Waals surface area contributed by atoms with Crippen molar-refractivity contribution in [2.45, 2.75) is 13.3 Å². The fourth-order valence-electron chi connectivity index (χ4n) is 0.602. The van der Waals surface area contributed by atoms with E-state index in [0.717, 1.165) is 18.9 Å². The predicted octanol–water partition coefficient (Wildman–Crippen LogP) is 1.76. The molecule has 0 amide bonds. The van der Waals surface area contributed by atoms with Crippen molar-refractivity contribution in [1.29, 1.82) is 0 Å². The summed E-state index contributed by atoms with van der Waals surface area (Å²) in [6.07, 6.45) is 4.50. The average Bonchev–Trinajstić information content (AvgIpc) is 2.19. The lowest BCUT2D eigenvalue weighted by Crippen LogP contribution is -1.92. The maximum absolute atomic E-state index is 4.96. The van der Waals surface area contributed by atoms with Crippen LogP contribution in [0.25, 0.3) is 0 Å². The third-order valence-corrected chi connectivity index (χ3v) is 0.927. The van der Waals surface area contributed by atoms with E-state index >= 15 is 0 Å². The Hall–Kier alpha value is -0.500. The van der Waals surface area contributed by atoms with Crippen LogP contribution in [0.5, 0.6) is 0 Å². The van der Waals surface area contributed by atoms with Gasteiger partial charge in [0.1, 0.15) is 0 Å². The van der Waals surface area contributed by atoms with E-state index in [1.165, 1.54) is 0 Å². The molecule has 0 unspecified atom stereocenters. The van der Waals surface area contributed by atoms with Crippen LogP contribution in [0.2, 0.25) is 0 Å². The molecule has 1 rings (SSSR count). The second-order valence-corrected chi connectivity index (χ2v) is 1.56. The summed E-state index contributed by atoms with van der Waals surface area (Å²) < 4.78 is 4.96. The normalized spacial score (nSPS) is 19.4. The summed E-state index contributed by atoms with van der Waals surface area (Å²) in [5.41, 5.74) is 0. The summed E-state index contributed by atoms with van der Waals surface area (Å²) in [6.45, 7) is 2.81. The van der Waals surface area contributed by atoms with E-state index in [1.54, 1.807) is 6.26 Å². The van der Waals surface area contributed by atoms with Gasteiger partial charge in [-0.05, 0) is 13.0 Å². The minimum Gasteiger partial charge on any atom is -0.451 e. The lowest BCUT2D eigenvalue weighted by atomic mass is 10.4. The Morgan fingerprint density at radius 2 is 2.56 bits per heavy atom. The van der Waals surface area contributed by atoms with E-state index < -0.39 is 0 Å². The van der Waals surface area contributed by atoms with Crippen LogP contribution in [-0.2, 0) is 4.74 Å². The van der Waals surface area contributed by atoms with Crippen LogP contribution in [0.4, 0.5) is 0 Å². The molecule has 0 aromatic carbocycles. The van der Waals surface area contributed by atoms with Gasteiger partial charge < -0.3 is 4.74 Å². The van der Waals surface area contributed by atoms with Gasteiger partial charge >= 0.3 is 0 Å². The number of aliphatic imine (C=N–C) groups is 1. The van der Waals surface area contributed by atoms with Gasteiger partial charge in [-0.1, -0.05) is 0 Å². The zero-order valence-electron chi connectivity index (χ0n) is 5.33. The van der Waals surface area contributed by atoms with Gasteiger partial charge in [0.25, 0.3) is 0 Å². The molecule has 3 heteroatoms. The van der Waals surface area contributed by atoms with Gasteiger partial charge in [-0.25, -0.2) is 0 Å². The highest BCUT2D eigenvalue weighted by molar-refractivity contribution is 5.85. The number of ether oxygens (including phenoxy) is 1. The number of nitrogens with zero attached hydrogens (tertiary/aromatic N) is 1. The minimum atomic E-state index is 0. The minimum absolute atomic E-state index is 0. The molecule has 0 aromatic heterocycles. The van der Waals surface area contributed by atoms with Crippen molar-refractivity contribution >= 4 is 18.3 Å². The van der Waals surface area contributed by atoms with Crippen LogP contribution in [0.3, 0.4) is 0 Å². The molecule has 0 bridgehead atoms. The summed E-state index contributed by atoms with van der Waals surface area (Å²) in [7, 11) is 0. The lowest BCUT2D eigenvalue weighted by Gasteiger charge is -1.91. The first-order valence-corrected chi connectivity index (χ1v) is 2.78. The highest BCUT2D eigenvalue weighted by Gasteiger charge is 1.99. The lowest BCUT2D eigenvalue weighted by molar-refractivity contribution is 0.479. The Kier molecular flexibility index (Phi) is 4.14. The monoisotopic (exact) mass is 147 g/mol. The number of hydrogen-bond acceptors (Lipinski definition) is 2. The first-order chi connectivity index (χ1) is 3.93. The second kappa shape index (κ2) is 4.39. The molecule has 52 valence electrons. The first-order valence-electron chi connectivity index (χ1n) is 2.78. The second-order valence-electron chi connectivity index (χ2n) is 1.56. The summed E-state index contributed by atoms with van der Waals surface area (Å²) in [6, 6.07) is 0. The van der Waals surface area contributed by atoms with E-state index in [1.807, 2.05) is 13.0 Å². The molecule has 0 spiro atoms. The van der Waals surface area contributed by atoms with Gasteiger partial charge in [0, 0.05) is 13.0 Å². The highest BCUT2D eigenvalue weighted by atomic mass is 35.5. The molecule has 0 aliphatic carbocycles. The van der Waals surface area contributed by atoms with Gasteiger partial charge in [0.15, 0.2) is 5.90 Å².